The molecule has 0 radical (unpaired) electrons. The average Bonchev–Trinajstić information content (AvgIpc) is 2.79. The number of aromatic nitrogens is 1. The van der Waals surface area contributed by atoms with E-state index in [1.807, 2.05) is 24.3 Å². The fraction of sp³-hybridized carbons (Fsp3) is 0.357. The van der Waals surface area contributed by atoms with Crippen LogP contribution in [0, 0.1) is 0 Å². The van der Waals surface area contributed by atoms with E-state index in [0.29, 0.717) is 11.8 Å². The van der Waals surface area contributed by atoms with Crippen molar-refractivity contribution in [3.63, 3.8) is 0 Å². The van der Waals surface area contributed by atoms with Crippen LogP contribution < -0.4 is 10.5 Å². The smallest absolute Gasteiger partial charge is 0.230 e. The third kappa shape index (κ3) is 2.18. The molecule has 0 saturated heterocycles. The molecule has 0 fully saturated rings. The standard InChI is InChI=1S/C14H18N2O2/c1-4-9(2)13-12(14(15)18-16-13)10-6-5-7-11(8-10)17-3/h5-9H,4,15H2,1-3H3. The zero-order valence-electron chi connectivity index (χ0n) is 10.9. The first kappa shape index (κ1) is 12.5. The number of nitrogens with two attached hydrogens (primary N) is 1. The van der Waals surface area contributed by atoms with E-state index in [4.69, 9.17) is 15.0 Å². The topological polar surface area (TPSA) is 61.3 Å². The summed E-state index contributed by atoms with van der Waals surface area (Å²) in [5.41, 5.74) is 8.65. The molecule has 0 saturated carbocycles. The second-order valence-corrected chi connectivity index (χ2v) is 4.35. The summed E-state index contributed by atoms with van der Waals surface area (Å²) in [7, 11) is 1.64. The summed E-state index contributed by atoms with van der Waals surface area (Å²) in [6.07, 6.45) is 0.989. The number of nitrogen functional groups attached to an aromatic ring is 1. The van der Waals surface area contributed by atoms with Gasteiger partial charge in [-0.3, -0.25) is 0 Å². The second kappa shape index (κ2) is 5.12. The van der Waals surface area contributed by atoms with Crippen molar-refractivity contribution >= 4 is 5.88 Å². The summed E-state index contributed by atoms with van der Waals surface area (Å²) in [6, 6.07) is 7.75. The summed E-state index contributed by atoms with van der Waals surface area (Å²) in [5, 5.41) is 4.08. The first-order valence-corrected chi connectivity index (χ1v) is 6.06. The highest BCUT2D eigenvalue weighted by Gasteiger charge is 2.19. The Labute approximate surface area is 107 Å². The van der Waals surface area contributed by atoms with Gasteiger partial charge in [-0.05, 0) is 24.1 Å². The summed E-state index contributed by atoms with van der Waals surface area (Å²) in [5.74, 6) is 1.47. The van der Waals surface area contributed by atoms with Crippen molar-refractivity contribution in [1.29, 1.82) is 0 Å². The predicted molar refractivity (Wildman–Crippen MR) is 71.6 cm³/mol. The third-order valence-corrected chi connectivity index (χ3v) is 3.18. The highest BCUT2D eigenvalue weighted by molar-refractivity contribution is 5.76. The number of nitrogens with zero attached hydrogens (tertiary/aromatic N) is 1. The Balaban J connectivity index is 2.52. The van der Waals surface area contributed by atoms with Crippen LogP contribution in [-0.2, 0) is 0 Å². The lowest BCUT2D eigenvalue weighted by Gasteiger charge is -2.08. The van der Waals surface area contributed by atoms with E-state index >= 15 is 0 Å². The molecule has 2 aromatic rings. The minimum atomic E-state index is 0.312. The van der Waals surface area contributed by atoms with E-state index in [2.05, 4.69) is 19.0 Å². The lowest BCUT2D eigenvalue weighted by Crippen LogP contribution is -1.96. The maximum Gasteiger partial charge on any atom is 0.230 e. The number of methoxy groups -OCH3 is 1. The van der Waals surface area contributed by atoms with E-state index in [0.717, 1.165) is 29.0 Å². The Bertz CT molecular complexity index is 534. The van der Waals surface area contributed by atoms with E-state index in [1.54, 1.807) is 7.11 Å². The zero-order chi connectivity index (χ0) is 13.1. The van der Waals surface area contributed by atoms with Gasteiger partial charge in [0.05, 0.1) is 18.4 Å². The molecule has 0 amide bonds. The molecule has 4 heteroatoms. The molecule has 1 aromatic carbocycles. The molecule has 1 heterocycles. The van der Waals surface area contributed by atoms with Gasteiger partial charge < -0.3 is 15.0 Å². The maximum absolute atomic E-state index is 5.89. The fourth-order valence-corrected chi connectivity index (χ4v) is 1.91. The molecule has 18 heavy (non-hydrogen) atoms. The van der Waals surface area contributed by atoms with Crippen molar-refractivity contribution in [2.24, 2.45) is 0 Å². The first-order valence-electron chi connectivity index (χ1n) is 6.06. The minimum Gasteiger partial charge on any atom is -0.497 e. The molecule has 0 aliphatic heterocycles. The van der Waals surface area contributed by atoms with Crippen LogP contribution in [0.25, 0.3) is 11.1 Å². The molecule has 2 rings (SSSR count). The van der Waals surface area contributed by atoms with Gasteiger partial charge in [-0.1, -0.05) is 31.1 Å². The number of rotatable bonds is 4. The van der Waals surface area contributed by atoms with E-state index in [1.165, 1.54) is 0 Å². The van der Waals surface area contributed by atoms with Gasteiger partial charge in [0.1, 0.15) is 5.75 Å². The van der Waals surface area contributed by atoms with Crippen LogP contribution >= 0.6 is 0 Å². The van der Waals surface area contributed by atoms with Crippen molar-refractivity contribution < 1.29 is 9.26 Å². The molecule has 2 N–H and O–H groups in total. The lowest BCUT2D eigenvalue weighted by atomic mass is 9.96. The van der Waals surface area contributed by atoms with Gasteiger partial charge in [-0.15, -0.1) is 0 Å². The van der Waals surface area contributed by atoms with Gasteiger partial charge in [0.25, 0.3) is 0 Å². The number of hydrogen-bond acceptors (Lipinski definition) is 4. The molecular formula is C14H18N2O2. The largest absolute Gasteiger partial charge is 0.497 e. The van der Waals surface area contributed by atoms with Crippen LogP contribution in [0.1, 0.15) is 31.9 Å². The summed E-state index contributed by atoms with van der Waals surface area (Å²) < 4.78 is 10.4. The summed E-state index contributed by atoms with van der Waals surface area (Å²) in [6.45, 7) is 4.23. The number of hydrogen-bond donors (Lipinski definition) is 1. The second-order valence-electron chi connectivity index (χ2n) is 4.35. The maximum atomic E-state index is 5.89. The average molecular weight is 246 g/mol. The van der Waals surface area contributed by atoms with Crippen LogP contribution in [0.15, 0.2) is 28.8 Å². The van der Waals surface area contributed by atoms with E-state index < -0.39 is 0 Å². The van der Waals surface area contributed by atoms with Crippen LogP contribution in [0.2, 0.25) is 0 Å². The molecule has 0 bridgehead atoms. The minimum absolute atomic E-state index is 0.312. The predicted octanol–water partition coefficient (Wildman–Crippen LogP) is 3.45. The van der Waals surface area contributed by atoms with Crippen molar-refractivity contribution in [2.45, 2.75) is 26.2 Å². The third-order valence-electron chi connectivity index (χ3n) is 3.18. The van der Waals surface area contributed by atoms with Gasteiger partial charge >= 0.3 is 0 Å². The quantitative estimate of drug-likeness (QED) is 0.897. The SMILES string of the molecule is CCC(C)c1noc(N)c1-c1cccc(OC)c1. The lowest BCUT2D eigenvalue weighted by molar-refractivity contribution is 0.415. The van der Waals surface area contributed by atoms with Crippen LogP contribution in [0.3, 0.4) is 0 Å². The highest BCUT2D eigenvalue weighted by atomic mass is 16.5. The Morgan fingerprint density at radius 1 is 1.44 bits per heavy atom. The molecule has 96 valence electrons. The van der Waals surface area contributed by atoms with Crippen molar-refractivity contribution in [3.05, 3.63) is 30.0 Å². The number of anilines is 1. The Hall–Kier alpha value is -1.97. The van der Waals surface area contributed by atoms with Gasteiger partial charge in [-0.25, -0.2) is 0 Å². The van der Waals surface area contributed by atoms with E-state index in [9.17, 15) is 0 Å². The number of ether oxygens (including phenoxy) is 1. The summed E-state index contributed by atoms with van der Waals surface area (Å²) >= 11 is 0. The molecule has 1 unspecified atom stereocenters. The Morgan fingerprint density at radius 3 is 2.89 bits per heavy atom. The summed E-state index contributed by atoms with van der Waals surface area (Å²) in [4.78, 5) is 0. The van der Waals surface area contributed by atoms with Crippen LogP contribution in [0.5, 0.6) is 5.75 Å². The van der Waals surface area contributed by atoms with E-state index in [-0.39, 0.29) is 0 Å². The van der Waals surface area contributed by atoms with Crippen molar-refractivity contribution in [3.8, 4) is 16.9 Å². The Kier molecular flexibility index (Phi) is 3.55. The molecule has 1 atom stereocenters. The van der Waals surface area contributed by atoms with Gasteiger partial charge in [0, 0.05) is 5.92 Å². The molecular weight excluding hydrogens is 228 g/mol. The van der Waals surface area contributed by atoms with Gasteiger partial charge in [0.2, 0.25) is 5.88 Å². The zero-order valence-corrected chi connectivity index (χ0v) is 10.9. The molecule has 4 nitrogen and oxygen atoms in total. The Morgan fingerprint density at radius 2 is 2.22 bits per heavy atom. The fourth-order valence-electron chi connectivity index (χ4n) is 1.91. The monoisotopic (exact) mass is 246 g/mol. The normalized spacial score (nSPS) is 12.4. The molecule has 0 aliphatic rings. The molecule has 0 aliphatic carbocycles. The highest BCUT2D eigenvalue weighted by Crippen LogP contribution is 2.36. The van der Waals surface area contributed by atoms with Gasteiger partial charge in [-0.2, -0.15) is 0 Å². The van der Waals surface area contributed by atoms with Crippen LogP contribution in [0.4, 0.5) is 5.88 Å². The van der Waals surface area contributed by atoms with Crippen molar-refractivity contribution in [2.75, 3.05) is 12.8 Å². The van der Waals surface area contributed by atoms with Gasteiger partial charge in [0.15, 0.2) is 0 Å². The molecule has 0 spiro atoms. The van der Waals surface area contributed by atoms with Crippen molar-refractivity contribution in [1.82, 2.24) is 5.16 Å². The molecule has 1 aromatic heterocycles. The first-order chi connectivity index (χ1) is 8.67. The van der Waals surface area contributed by atoms with Crippen LogP contribution in [-0.4, -0.2) is 12.3 Å². The number of benzene rings is 1.